The predicted molar refractivity (Wildman–Crippen MR) is 100 cm³/mol. The van der Waals surface area contributed by atoms with Crippen LogP contribution in [0.25, 0.3) is 0 Å². The summed E-state index contributed by atoms with van der Waals surface area (Å²) >= 11 is 0. The third-order valence-corrected chi connectivity index (χ3v) is 5.28. The van der Waals surface area contributed by atoms with Gasteiger partial charge >= 0.3 is 0 Å². The van der Waals surface area contributed by atoms with Crippen LogP contribution in [0.15, 0.2) is 24.3 Å². The van der Waals surface area contributed by atoms with E-state index in [4.69, 9.17) is 4.74 Å². The molecule has 0 saturated carbocycles. The van der Waals surface area contributed by atoms with Crippen molar-refractivity contribution in [3.8, 4) is 0 Å². The average molecular weight is 359 g/mol. The van der Waals surface area contributed by atoms with Gasteiger partial charge in [0.15, 0.2) is 0 Å². The molecule has 2 heterocycles. The molecule has 2 saturated heterocycles. The maximum atomic E-state index is 12.5. The van der Waals surface area contributed by atoms with E-state index in [1.807, 2.05) is 4.90 Å². The van der Waals surface area contributed by atoms with Crippen molar-refractivity contribution >= 4 is 11.8 Å². The topological polar surface area (TPSA) is 61.9 Å². The molecule has 0 bridgehead atoms. The number of benzene rings is 1. The number of carbonyl (C=O) groups is 2. The van der Waals surface area contributed by atoms with Gasteiger partial charge in [0.2, 0.25) is 0 Å². The third-order valence-electron chi connectivity index (χ3n) is 5.28. The highest BCUT2D eigenvalue weighted by Crippen LogP contribution is 2.18. The molecular weight excluding hydrogens is 330 g/mol. The molecule has 0 atom stereocenters. The molecular formula is C20H29N3O3. The van der Waals surface area contributed by atoms with E-state index in [1.54, 1.807) is 24.3 Å². The molecule has 0 aromatic heterocycles. The number of amides is 2. The molecule has 3 rings (SSSR count). The molecule has 1 aromatic carbocycles. The molecule has 0 aliphatic carbocycles. The van der Waals surface area contributed by atoms with Gasteiger partial charge in [-0.3, -0.25) is 14.5 Å². The summed E-state index contributed by atoms with van der Waals surface area (Å²) in [7, 11) is 0. The van der Waals surface area contributed by atoms with Gasteiger partial charge in [-0.05, 0) is 43.0 Å². The molecule has 26 heavy (non-hydrogen) atoms. The minimum absolute atomic E-state index is 0.0659. The maximum absolute atomic E-state index is 12.5. The highest BCUT2D eigenvalue weighted by Gasteiger charge is 2.21. The minimum Gasteiger partial charge on any atom is -0.379 e. The number of likely N-dealkylation sites (tertiary alicyclic amines) is 1. The average Bonchev–Trinajstić information content (AvgIpc) is 2.69. The van der Waals surface area contributed by atoms with Gasteiger partial charge in [0.05, 0.1) is 13.2 Å². The molecule has 1 aromatic rings. The summed E-state index contributed by atoms with van der Waals surface area (Å²) in [5.74, 6) is 0.669. The van der Waals surface area contributed by atoms with Gasteiger partial charge in [0.25, 0.3) is 11.8 Å². The van der Waals surface area contributed by atoms with Gasteiger partial charge in [-0.25, -0.2) is 0 Å². The molecule has 0 radical (unpaired) electrons. The zero-order valence-electron chi connectivity index (χ0n) is 15.6. The summed E-state index contributed by atoms with van der Waals surface area (Å²) in [6.07, 6.45) is 2.13. The zero-order valence-corrected chi connectivity index (χ0v) is 15.6. The van der Waals surface area contributed by atoms with Crippen molar-refractivity contribution < 1.29 is 14.3 Å². The van der Waals surface area contributed by atoms with E-state index < -0.39 is 0 Å². The Balaban J connectivity index is 1.47. The Morgan fingerprint density at radius 1 is 1.04 bits per heavy atom. The van der Waals surface area contributed by atoms with E-state index in [9.17, 15) is 9.59 Å². The molecule has 1 N–H and O–H groups in total. The second-order valence-electron chi connectivity index (χ2n) is 7.26. The number of carbonyl (C=O) groups excluding carboxylic acids is 2. The van der Waals surface area contributed by atoms with Crippen molar-refractivity contribution in [2.45, 2.75) is 19.8 Å². The molecule has 2 aliphatic heterocycles. The first-order chi connectivity index (χ1) is 12.6. The SMILES string of the molecule is CC1CCN(C(=O)c2ccc(C(=O)NCCN3CCOCC3)cc2)CC1. The fourth-order valence-electron chi connectivity index (χ4n) is 3.41. The molecule has 0 unspecified atom stereocenters. The van der Waals surface area contributed by atoms with Crippen LogP contribution in [0.3, 0.4) is 0 Å². The van der Waals surface area contributed by atoms with E-state index in [0.717, 1.165) is 58.8 Å². The van der Waals surface area contributed by atoms with Gasteiger partial charge in [0.1, 0.15) is 0 Å². The molecule has 2 fully saturated rings. The van der Waals surface area contributed by atoms with Crippen molar-refractivity contribution in [1.29, 1.82) is 0 Å². The normalized spacial score (nSPS) is 19.3. The first-order valence-corrected chi connectivity index (χ1v) is 9.61. The van der Waals surface area contributed by atoms with E-state index in [1.165, 1.54) is 0 Å². The number of piperidine rings is 1. The lowest BCUT2D eigenvalue weighted by Crippen LogP contribution is -2.41. The van der Waals surface area contributed by atoms with E-state index in [-0.39, 0.29) is 11.8 Å². The summed E-state index contributed by atoms with van der Waals surface area (Å²) in [6.45, 7) is 8.69. The van der Waals surface area contributed by atoms with Crippen LogP contribution in [0.2, 0.25) is 0 Å². The van der Waals surface area contributed by atoms with Crippen molar-refractivity contribution in [1.82, 2.24) is 15.1 Å². The van der Waals surface area contributed by atoms with Crippen LogP contribution in [0, 0.1) is 5.92 Å². The molecule has 142 valence electrons. The Morgan fingerprint density at radius 2 is 1.65 bits per heavy atom. The lowest BCUT2D eigenvalue weighted by Gasteiger charge is -2.30. The number of hydrogen-bond donors (Lipinski definition) is 1. The Labute approximate surface area is 155 Å². The quantitative estimate of drug-likeness (QED) is 0.868. The number of morpholine rings is 1. The predicted octanol–water partition coefficient (Wildman–Crippen LogP) is 1.62. The second-order valence-corrected chi connectivity index (χ2v) is 7.26. The summed E-state index contributed by atoms with van der Waals surface area (Å²) in [6, 6.07) is 7.00. The summed E-state index contributed by atoms with van der Waals surface area (Å²) < 4.78 is 5.32. The smallest absolute Gasteiger partial charge is 0.253 e. The van der Waals surface area contributed by atoms with E-state index in [2.05, 4.69) is 17.1 Å². The first-order valence-electron chi connectivity index (χ1n) is 9.61. The van der Waals surface area contributed by atoms with Crippen molar-refractivity contribution in [3.05, 3.63) is 35.4 Å². The third kappa shape index (κ3) is 5.05. The largest absolute Gasteiger partial charge is 0.379 e. The highest BCUT2D eigenvalue weighted by molar-refractivity contribution is 5.97. The Kier molecular flexibility index (Phi) is 6.63. The van der Waals surface area contributed by atoms with E-state index in [0.29, 0.717) is 23.6 Å². The monoisotopic (exact) mass is 359 g/mol. The summed E-state index contributed by atoms with van der Waals surface area (Å²) in [5, 5.41) is 2.95. The van der Waals surface area contributed by atoms with Gasteiger partial charge in [-0.15, -0.1) is 0 Å². The maximum Gasteiger partial charge on any atom is 0.253 e. The molecule has 0 spiro atoms. The van der Waals surface area contributed by atoms with Crippen LogP contribution in [0.4, 0.5) is 0 Å². The first kappa shape index (κ1) is 18.9. The minimum atomic E-state index is -0.0935. The van der Waals surface area contributed by atoms with Crippen LogP contribution >= 0.6 is 0 Å². The molecule has 2 amide bonds. The van der Waals surface area contributed by atoms with Crippen LogP contribution in [0.5, 0.6) is 0 Å². The van der Waals surface area contributed by atoms with Crippen molar-refractivity contribution in [3.63, 3.8) is 0 Å². The fourth-order valence-corrected chi connectivity index (χ4v) is 3.41. The number of nitrogens with zero attached hydrogens (tertiary/aromatic N) is 2. The Morgan fingerprint density at radius 3 is 2.31 bits per heavy atom. The summed E-state index contributed by atoms with van der Waals surface area (Å²) in [5.41, 5.74) is 1.25. The fraction of sp³-hybridized carbons (Fsp3) is 0.600. The molecule has 2 aliphatic rings. The van der Waals surface area contributed by atoms with Crippen LogP contribution in [-0.4, -0.2) is 74.1 Å². The van der Waals surface area contributed by atoms with Crippen molar-refractivity contribution in [2.24, 2.45) is 5.92 Å². The van der Waals surface area contributed by atoms with Gasteiger partial charge < -0.3 is 15.0 Å². The molecule has 6 nitrogen and oxygen atoms in total. The van der Waals surface area contributed by atoms with E-state index >= 15 is 0 Å². The van der Waals surface area contributed by atoms with Crippen molar-refractivity contribution in [2.75, 3.05) is 52.5 Å². The molecule has 6 heteroatoms. The van der Waals surface area contributed by atoms with Crippen LogP contribution < -0.4 is 5.32 Å². The number of hydrogen-bond acceptors (Lipinski definition) is 4. The van der Waals surface area contributed by atoms with Crippen LogP contribution in [0.1, 0.15) is 40.5 Å². The van der Waals surface area contributed by atoms with Gasteiger partial charge in [-0.1, -0.05) is 6.92 Å². The standard InChI is InChI=1S/C20H29N3O3/c1-16-6-9-23(10-7-16)20(25)18-4-2-17(3-5-18)19(24)21-8-11-22-12-14-26-15-13-22/h2-5,16H,6-15H2,1H3,(H,21,24). The van der Waals surface area contributed by atoms with Gasteiger partial charge in [-0.2, -0.15) is 0 Å². The number of nitrogens with one attached hydrogen (secondary N) is 1. The lowest BCUT2D eigenvalue weighted by molar-refractivity contribution is 0.0383. The summed E-state index contributed by atoms with van der Waals surface area (Å²) in [4.78, 5) is 29.0. The highest BCUT2D eigenvalue weighted by atomic mass is 16.5. The van der Waals surface area contributed by atoms with Crippen LogP contribution in [-0.2, 0) is 4.74 Å². The lowest BCUT2D eigenvalue weighted by atomic mass is 9.98. The number of rotatable bonds is 5. The van der Waals surface area contributed by atoms with Gasteiger partial charge in [0, 0.05) is 50.4 Å². The Hall–Kier alpha value is -1.92. The number of ether oxygens (including phenoxy) is 1. The Bertz CT molecular complexity index is 603. The second kappa shape index (κ2) is 9.14. The zero-order chi connectivity index (χ0) is 18.4.